The van der Waals surface area contributed by atoms with E-state index in [1.54, 1.807) is 24.3 Å². The minimum atomic E-state index is -0.615. The van der Waals surface area contributed by atoms with E-state index in [0.29, 0.717) is 28.8 Å². The quantitative estimate of drug-likeness (QED) is 0.552. The molecule has 0 fully saturated rings. The van der Waals surface area contributed by atoms with Gasteiger partial charge >= 0.3 is 0 Å². The number of nitrogens with one attached hydrogen (secondary N) is 1. The van der Waals surface area contributed by atoms with Crippen molar-refractivity contribution in [1.82, 2.24) is 10.2 Å². The van der Waals surface area contributed by atoms with E-state index in [9.17, 15) is 9.59 Å². The Bertz CT molecular complexity index is 873. The second-order valence-electron chi connectivity index (χ2n) is 7.03. The molecule has 2 amide bonds. The van der Waals surface area contributed by atoms with Gasteiger partial charge in [0.2, 0.25) is 5.91 Å². The Morgan fingerprint density at radius 2 is 1.83 bits per heavy atom. The Morgan fingerprint density at radius 1 is 1.10 bits per heavy atom. The Morgan fingerprint density at radius 3 is 2.47 bits per heavy atom. The van der Waals surface area contributed by atoms with Crippen molar-refractivity contribution in [3.63, 3.8) is 0 Å². The highest BCUT2D eigenvalue weighted by Gasteiger charge is 2.29. The van der Waals surface area contributed by atoms with Gasteiger partial charge in [-0.25, -0.2) is 0 Å². The first-order valence-electron chi connectivity index (χ1n) is 10.1. The zero-order valence-electron chi connectivity index (χ0n) is 17.6. The molecule has 7 heteroatoms. The molecule has 0 aliphatic heterocycles. The number of hydrogen-bond acceptors (Lipinski definition) is 3. The van der Waals surface area contributed by atoms with E-state index in [-0.39, 0.29) is 25.0 Å². The fraction of sp³-hybridized carbons (Fsp3) is 0.391. The molecule has 0 spiro atoms. The zero-order chi connectivity index (χ0) is 22.1. The topological polar surface area (TPSA) is 58.6 Å². The summed E-state index contributed by atoms with van der Waals surface area (Å²) in [6.07, 6.45) is 1.30. The second-order valence-corrected chi connectivity index (χ2v) is 7.84. The fourth-order valence-corrected chi connectivity index (χ4v) is 3.34. The molecule has 0 aliphatic carbocycles. The molecule has 0 aromatic heterocycles. The van der Waals surface area contributed by atoms with Gasteiger partial charge in [-0.2, -0.15) is 0 Å². The number of nitrogens with zero attached hydrogens (tertiary/aromatic N) is 1. The first-order valence-corrected chi connectivity index (χ1v) is 10.8. The molecule has 162 valence electrons. The predicted octanol–water partition coefficient (Wildman–Crippen LogP) is 5.01. The molecule has 0 heterocycles. The van der Waals surface area contributed by atoms with Crippen LogP contribution in [-0.4, -0.2) is 35.9 Å². The zero-order valence-corrected chi connectivity index (χ0v) is 19.1. The predicted molar refractivity (Wildman–Crippen MR) is 121 cm³/mol. The van der Waals surface area contributed by atoms with Gasteiger partial charge in [0.05, 0.1) is 0 Å². The Balaban J connectivity index is 2.21. The summed E-state index contributed by atoms with van der Waals surface area (Å²) in [6.45, 7) is 6.32. The van der Waals surface area contributed by atoms with Gasteiger partial charge in [-0.05, 0) is 55.2 Å². The summed E-state index contributed by atoms with van der Waals surface area (Å²) in [7, 11) is 0. The van der Waals surface area contributed by atoms with Crippen LogP contribution in [0, 0.1) is 6.92 Å². The van der Waals surface area contributed by atoms with Crippen molar-refractivity contribution < 1.29 is 14.3 Å². The maximum atomic E-state index is 13.1. The number of hydrogen-bond donors (Lipinski definition) is 1. The lowest BCUT2D eigenvalue weighted by Crippen LogP contribution is -2.50. The number of halogens is 2. The van der Waals surface area contributed by atoms with Crippen molar-refractivity contribution in [2.75, 3.05) is 13.2 Å². The Hall–Kier alpha value is -2.24. The SMILES string of the molecule is CCCNC(=O)[C@@H](CC)N(Cc1ccccc1Cl)C(=O)COc1ccc(Cl)c(C)c1. The Labute approximate surface area is 188 Å². The number of aryl methyl sites for hydroxylation is 1. The van der Waals surface area contributed by atoms with Gasteiger partial charge < -0.3 is 15.0 Å². The van der Waals surface area contributed by atoms with E-state index in [4.69, 9.17) is 27.9 Å². The van der Waals surface area contributed by atoms with Crippen molar-refractivity contribution >= 4 is 35.0 Å². The van der Waals surface area contributed by atoms with Crippen LogP contribution >= 0.6 is 23.2 Å². The third-order valence-corrected chi connectivity index (χ3v) is 5.52. The van der Waals surface area contributed by atoms with Gasteiger partial charge in [0.1, 0.15) is 11.8 Å². The number of ether oxygens (including phenoxy) is 1. The van der Waals surface area contributed by atoms with Gasteiger partial charge in [0.15, 0.2) is 6.61 Å². The molecule has 0 saturated carbocycles. The van der Waals surface area contributed by atoms with E-state index in [0.717, 1.165) is 17.5 Å². The van der Waals surface area contributed by atoms with Gasteiger partial charge in [-0.1, -0.05) is 55.2 Å². The van der Waals surface area contributed by atoms with E-state index in [1.165, 1.54) is 4.90 Å². The van der Waals surface area contributed by atoms with Crippen LogP contribution in [0.1, 0.15) is 37.8 Å². The van der Waals surface area contributed by atoms with Crippen LogP contribution in [0.3, 0.4) is 0 Å². The molecule has 2 aromatic rings. The maximum Gasteiger partial charge on any atom is 0.261 e. The van der Waals surface area contributed by atoms with Gasteiger partial charge in [0.25, 0.3) is 5.91 Å². The average Bonchev–Trinajstić information content (AvgIpc) is 2.74. The van der Waals surface area contributed by atoms with Crippen molar-refractivity contribution in [2.45, 2.75) is 46.2 Å². The number of benzene rings is 2. The summed E-state index contributed by atoms with van der Waals surface area (Å²) in [5.41, 5.74) is 1.64. The number of amides is 2. The molecule has 0 aliphatic rings. The third kappa shape index (κ3) is 6.64. The van der Waals surface area contributed by atoms with Crippen molar-refractivity contribution in [2.24, 2.45) is 0 Å². The van der Waals surface area contributed by atoms with Crippen LogP contribution in [-0.2, 0) is 16.1 Å². The minimum absolute atomic E-state index is 0.179. The molecule has 1 atom stereocenters. The van der Waals surface area contributed by atoms with Crippen molar-refractivity contribution in [3.05, 3.63) is 63.6 Å². The molecule has 0 saturated heterocycles. The number of carbonyl (C=O) groups is 2. The van der Waals surface area contributed by atoms with E-state index in [2.05, 4.69) is 5.32 Å². The molecule has 1 N–H and O–H groups in total. The summed E-state index contributed by atoms with van der Waals surface area (Å²) in [4.78, 5) is 27.4. The third-order valence-electron chi connectivity index (χ3n) is 4.73. The van der Waals surface area contributed by atoms with Gasteiger partial charge in [0, 0.05) is 23.1 Å². The standard InChI is InChI=1S/C23H28Cl2N2O3/c1-4-12-26-23(29)21(5-2)27(14-17-8-6-7-9-20(17)25)22(28)15-30-18-10-11-19(24)16(3)13-18/h6-11,13,21H,4-5,12,14-15H2,1-3H3,(H,26,29)/t21-/m1/s1. The van der Waals surface area contributed by atoms with Crippen LogP contribution in [0.15, 0.2) is 42.5 Å². The highest BCUT2D eigenvalue weighted by molar-refractivity contribution is 6.31. The average molecular weight is 451 g/mol. The molecule has 5 nitrogen and oxygen atoms in total. The highest BCUT2D eigenvalue weighted by Crippen LogP contribution is 2.22. The van der Waals surface area contributed by atoms with Crippen LogP contribution in [0.5, 0.6) is 5.75 Å². The normalized spacial score (nSPS) is 11.6. The van der Waals surface area contributed by atoms with E-state index in [1.807, 2.05) is 39.0 Å². The summed E-state index contributed by atoms with van der Waals surface area (Å²) in [5, 5.41) is 4.07. The van der Waals surface area contributed by atoms with E-state index >= 15 is 0 Å². The lowest BCUT2D eigenvalue weighted by atomic mass is 10.1. The minimum Gasteiger partial charge on any atom is -0.484 e. The molecule has 2 aromatic carbocycles. The monoisotopic (exact) mass is 450 g/mol. The molecule has 0 radical (unpaired) electrons. The van der Waals surface area contributed by atoms with Crippen LogP contribution in [0.2, 0.25) is 10.0 Å². The van der Waals surface area contributed by atoms with Crippen LogP contribution < -0.4 is 10.1 Å². The first-order chi connectivity index (χ1) is 14.4. The molecular formula is C23H28Cl2N2O3. The number of rotatable bonds is 10. The lowest BCUT2D eigenvalue weighted by Gasteiger charge is -2.30. The largest absolute Gasteiger partial charge is 0.484 e. The summed E-state index contributed by atoms with van der Waals surface area (Å²) in [5.74, 6) is 0.0783. The smallest absolute Gasteiger partial charge is 0.261 e. The number of carbonyl (C=O) groups excluding carboxylic acids is 2. The van der Waals surface area contributed by atoms with Crippen LogP contribution in [0.25, 0.3) is 0 Å². The van der Waals surface area contributed by atoms with Gasteiger partial charge in [-0.3, -0.25) is 9.59 Å². The summed E-state index contributed by atoms with van der Waals surface area (Å²) < 4.78 is 5.69. The van der Waals surface area contributed by atoms with Crippen molar-refractivity contribution in [3.8, 4) is 5.75 Å². The lowest BCUT2D eigenvalue weighted by molar-refractivity contribution is -0.143. The van der Waals surface area contributed by atoms with Gasteiger partial charge in [-0.15, -0.1) is 0 Å². The van der Waals surface area contributed by atoms with E-state index < -0.39 is 6.04 Å². The molecule has 0 unspecified atom stereocenters. The molecular weight excluding hydrogens is 423 g/mol. The van der Waals surface area contributed by atoms with Crippen LogP contribution in [0.4, 0.5) is 0 Å². The maximum absolute atomic E-state index is 13.1. The molecule has 0 bridgehead atoms. The first kappa shape index (κ1) is 24.0. The second kappa shape index (κ2) is 11.8. The highest BCUT2D eigenvalue weighted by atomic mass is 35.5. The van der Waals surface area contributed by atoms with Crippen molar-refractivity contribution in [1.29, 1.82) is 0 Å². The molecule has 2 rings (SSSR count). The summed E-state index contributed by atoms with van der Waals surface area (Å²) >= 11 is 12.4. The fourth-order valence-electron chi connectivity index (χ4n) is 3.03. The molecule has 30 heavy (non-hydrogen) atoms. The Kier molecular flexibility index (Phi) is 9.47. The summed E-state index contributed by atoms with van der Waals surface area (Å²) in [6, 6.07) is 11.9.